The fraction of sp³-hybridized carbons (Fsp3) is 0.400. The highest BCUT2D eigenvalue weighted by Gasteiger charge is 2.25. The van der Waals surface area contributed by atoms with Gasteiger partial charge >= 0.3 is 5.97 Å². The molecule has 7 nitrogen and oxygen atoms in total. The van der Waals surface area contributed by atoms with Crippen LogP contribution in [0.15, 0.2) is 6.33 Å². The number of nitrogens with zero attached hydrogens (tertiary/aromatic N) is 2. The second-order valence-electron chi connectivity index (χ2n) is 2.18. The lowest BCUT2D eigenvalue weighted by molar-refractivity contribution is -0.141. The molecule has 0 spiro atoms. The molecule has 1 rings (SSSR count). The molecular weight excluding hydrogens is 164 g/mol. The SMILES string of the molecule is NC(C(=O)O)C(O)c1ncn[nH]1. The summed E-state index contributed by atoms with van der Waals surface area (Å²) in [6.07, 6.45) is -0.197. The van der Waals surface area contributed by atoms with Crippen molar-refractivity contribution in [3.8, 4) is 0 Å². The van der Waals surface area contributed by atoms with Crippen molar-refractivity contribution in [3.63, 3.8) is 0 Å². The first kappa shape index (κ1) is 8.62. The summed E-state index contributed by atoms with van der Waals surface area (Å²) in [5.74, 6) is -1.25. The first-order valence-corrected chi connectivity index (χ1v) is 3.14. The highest BCUT2D eigenvalue weighted by molar-refractivity contribution is 5.73. The average Bonchev–Trinajstić information content (AvgIpc) is 2.53. The molecule has 2 unspecified atom stereocenters. The van der Waals surface area contributed by atoms with Crippen LogP contribution >= 0.6 is 0 Å². The van der Waals surface area contributed by atoms with Gasteiger partial charge in [0.25, 0.3) is 0 Å². The number of carbonyl (C=O) groups is 1. The molecule has 0 aromatic carbocycles. The molecule has 7 heteroatoms. The number of aliphatic carboxylic acids is 1. The van der Waals surface area contributed by atoms with E-state index in [-0.39, 0.29) is 5.82 Å². The Balaban J connectivity index is 2.71. The van der Waals surface area contributed by atoms with E-state index in [4.69, 9.17) is 10.8 Å². The fourth-order valence-electron chi connectivity index (χ4n) is 0.663. The first-order valence-electron chi connectivity index (χ1n) is 3.14. The van der Waals surface area contributed by atoms with Gasteiger partial charge in [-0.05, 0) is 0 Å². The molecule has 0 aliphatic heterocycles. The summed E-state index contributed by atoms with van der Waals surface area (Å²) >= 11 is 0. The quantitative estimate of drug-likeness (QED) is 0.428. The minimum Gasteiger partial charge on any atom is -0.480 e. The van der Waals surface area contributed by atoms with E-state index in [1.165, 1.54) is 0 Å². The number of carboxylic acids is 1. The topological polar surface area (TPSA) is 125 Å². The number of aromatic amines is 1. The van der Waals surface area contributed by atoms with E-state index in [1.54, 1.807) is 0 Å². The molecule has 0 radical (unpaired) electrons. The van der Waals surface area contributed by atoms with Crippen molar-refractivity contribution in [3.05, 3.63) is 12.2 Å². The number of carboxylic acid groups (broad SMARTS) is 1. The maximum atomic E-state index is 10.3. The average molecular weight is 172 g/mol. The van der Waals surface area contributed by atoms with Gasteiger partial charge < -0.3 is 15.9 Å². The van der Waals surface area contributed by atoms with Gasteiger partial charge in [0.05, 0.1) is 0 Å². The zero-order valence-electron chi connectivity index (χ0n) is 6.01. The van der Waals surface area contributed by atoms with E-state index >= 15 is 0 Å². The molecule has 12 heavy (non-hydrogen) atoms. The van der Waals surface area contributed by atoms with Gasteiger partial charge in [0, 0.05) is 0 Å². The Kier molecular flexibility index (Phi) is 2.36. The number of aliphatic hydroxyl groups excluding tert-OH is 1. The summed E-state index contributed by atoms with van der Waals surface area (Å²) in [6.45, 7) is 0. The summed E-state index contributed by atoms with van der Waals surface area (Å²) < 4.78 is 0. The first-order chi connectivity index (χ1) is 5.63. The van der Waals surface area contributed by atoms with E-state index in [0.717, 1.165) is 6.33 Å². The van der Waals surface area contributed by atoms with Crippen LogP contribution in [-0.2, 0) is 4.79 Å². The van der Waals surface area contributed by atoms with E-state index in [9.17, 15) is 9.90 Å². The van der Waals surface area contributed by atoms with Crippen molar-refractivity contribution >= 4 is 5.97 Å². The largest absolute Gasteiger partial charge is 0.480 e. The zero-order chi connectivity index (χ0) is 9.14. The Bertz CT molecular complexity index is 260. The summed E-state index contributed by atoms with van der Waals surface area (Å²) in [7, 11) is 0. The Morgan fingerprint density at radius 1 is 1.75 bits per heavy atom. The zero-order valence-corrected chi connectivity index (χ0v) is 6.01. The molecule has 0 amide bonds. The van der Waals surface area contributed by atoms with Gasteiger partial charge in [0.2, 0.25) is 0 Å². The van der Waals surface area contributed by atoms with Crippen molar-refractivity contribution in [2.24, 2.45) is 5.73 Å². The molecule has 2 atom stereocenters. The van der Waals surface area contributed by atoms with Crippen molar-refractivity contribution < 1.29 is 15.0 Å². The third-order valence-corrected chi connectivity index (χ3v) is 1.34. The lowest BCUT2D eigenvalue weighted by Crippen LogP contribution is -2.37. The number of rotatable bonds is 3. The van der Waals surface area contributed by atoms with Crippen molar-refractivity contribution in [1.82, 2.24) is 15.2 Å². The maximum Gasteiger partial charge on any atom is 0.323 e. The molecule has 5 N–H and O–H groups in total. The highest BCUT2D eigenvalue weighted by Crippen LogP contribution is 2.08. The molecule has 1 aromatic rings. The predicted molar refractivity (Wildman–Crippen MR) is 37.0 cm³/mol. The van der Waals surface area contributed by atoms with Crippen LogP contribution in [0.5, 0.6) is 0 Å². The van der Waals surface area contributed by atoms with E-state index < -0.39 is 18.1 Å². The molecule has 1 heterocycles. The van der Waals surface area contributed by atoms with Gasteiger partial charge in [0.15, 0.2) is 5.82 Å². The minimum atomic E-state index is -1.39. The smallest absolute Gasteiger partial charge is 0.323 e. The van der Waals surface area contributed by atoms with Crippen LogP contribution in [-0.4, -0.2) is 37.4 Å². The molecule has 0 saturated carbocycles. The highest BCUT2D eigenvalue weighted by atomic mass is 16.4. The Hall–Kier alpha value is -1.47. The molecule has 0 saturated heterocycles. The van der Waals surface area contributed by atoms with E-state index in [1.807, 2.05) is 0 Å². The van der Waals surface area contributed by atoms with Crippen LogP contribution in [0.25, 0.3) is 0 Å². The Labute approximate surface area is 67.2 Å². The van der Waals surface area contributed by atoms with Gasteiger partial charge in [0.1, 0.15) is 18.5 Å². The second-order valence-corrected chi connectivity index (χ2v) is 2.18. The number of hydrogen-bond donors (Lipinski definition) is 4. The van der Waals surface area contributed by atoms with Crippen molar-refractivity contribution in [2.45, 2.75) is 12.1 Å². The summed E-state index contributed by atoms with van der Waals surface area (Å²) in [5.41, 5.74) is 5.11. The van der Waals surface area contributed by atoms with Crippen LogP contribution in [0.4, 0.5) is 0 Å². The summed E-state index contributed by atoms with van der Waals surface area (Å²) in [6, 6.07) is -1.39. The van der Waals surface area contributed by atoms with Crippen LogP contribution in [0.3, 0.4) is 0 Å². The van der Waals surface area contributed by atoms with Gasteiger partial charge in [-0.2, -0.15) is 5.10 Å². The van der Waals surface area contributed by atoms with E-state index in [2.05, 4.69) is 15.2 Å². The number of H-pyrrole nitrogens is 1. The molecule has 0 aliphatic carbocycles. The molecular formula is C5H8N4O3. The normalized spacial score (nSPS) is 15.5. The summed E-state index contributed by atoms with van der Waals surface area (Å²) in [5, 5.41) is 23.4. The monoisotopic (exact) mass is 172 g/mol. The third kappa shape index (κ3) is 1.57. The van der Waals surface area contributed by atoms with Crippen LogP contribution < -0.4 is 5.73 Å². The number of nitrogens with one attached hydrogen (secondary N) is 1. The van der Waals surface area contributed by atoms with Crippen LogP contribution in [0.2, 0.25) is 0 Å². The van der Waals surface area contributed by atoms with Gasteiger partial charge in [-0.3, -0.25) is 9.89 Å². The molecule has 0 bridgehead atoms. The van der Waals surface area contributed by atoms with Gasteiger partial charge in [-0.15, -0.1) is 0 Å². The maximum absolute atomic E-state index is 10.3. The molecule has 66 valence electrons. The number of hydrogen-bond acceptors (Lipinski definition) is 5. The van der Waals surface area contributed by atoms with Crippen LogP contribution in [0.1, 0.15) is 11.9 Å². The molecule has 0 fully saturated rings. The third-order valence-electron chi connectivity index (χ3n) is 1.34. The number of nitrogens with two attached hydrogens (primary N) is 1. The van der Waals surface area contributed by atoms with Gasteiger partial charge in [-0.1, -0.05) is 0 Å². The minimum absolute atomic E-state index is 0.0462. The van der Waals surface area contributed by atoms with Gasteiger partial charge in [-0.25, -0.2) is 4.98 Å². The second kappa shape index (κ2) is 3.28. The number of aliphatic hydroxyl groups is 1. The summed E-state index contributed by atoms with van der Waals surface area (Å²) in [4.78, 5) is 13.8. The number of aromatic nitrogens is 3. The van der Waals surface area contributed by atoms with Crippen molar-refractivity contribution in [1.29, 1.82) is 0 Å². The lowest BCUT2D eigenvalue weighted by Gasteiger charge is -2.10. The van der Waals surface area contributed by atoms with Crippen LogP contribution in [0, 0.1) is 0 Å². The predicted octanol–water partition coefficient (Wildman–Crippen LogP) is -1.75. The van der Waals surface area contributed by atoms with Crippen molar-refractivity contribution in [2.75, 3.05) is 0 Å². The molecule has 1 aromatic heterocycles. The Morgan fingerprint density at radius 2 is 2.42 bits per heavy atom. The fourth-order valence-corrected chi connectivity index (χ4v) is 0.663. The lowest BCUT2D eigenvalue weighted by atomic mass is 10.2. The Morgan fingerprint density at radius 3 is 2.83 bits per heavy atom. The van der Waals surface area contributed by atoms with E-state index in [0.29, 0.717) is 0 Å². The molecule has 0 aliphatic rings. The standard InChI is InChI=1S/C5H8N4O3/c6-2(5(11)12)3(10)4-7-1-8-9-4/h1-3,10H,6H2,(H,11,12)(H,7,8,9).